The van der Waals surface area contributed by atoms with Crippen LogP contribution < -0.4 is 10.6 Å². The van der Waals surface area contributed by atoms with Crippen LogP contribution >= 0.6 is 0 Å². The summed E-state index contributed by atoms with van der Waals surface area (Å²) in [5.74, 6) is 0.294. The Morgan fingerprint density at radius 3 is 2.44 bits per heavy atom. The van der Waals surface area contributed by atoms with Crippen molar-refractivity contribution >= 4 is 17.5 Å². The Morgan fingerprint density at radius 1 is 0.960 bits per heavy atom. The van der Waals surface area contributed by atoms with Crippen LogP contribution in [0.15, 0.2) is 60.9 Å². The smallest absolute Gasteiger partial charge is 0.229 e. The van der Waals surface area contributed by atoms with Gasteiger partial charge in [0.15, 0.2) is 5.82 Å². The number of carbonyl (C=O) groups excluding carboxylic acids is 1. The second-order valence-corrected chi connectivity index (χ2v) is 5.37. The van der Waals surface area contributed by atoms with E-state index in [0.717, 1.165) is 5.56 Å². The van der Waals surface area contributed by atoms with Gasteiger partial charge in [-0.3, -0.25) is 9.78 Å². The van der Waals surface area contributed by atoms with Gasteiger partial charge in [0.2, 0.25) is 5.91 Å². The molecule has 3 rings (SSSR count). The van der Waals surface area contributed by atoms with Crippen molar-refractivity contribution in [3.05, 3.63) is 77.9 Å². The third-order valence-electron chi connectivity index (χ3n) is 3.41. The average Bonchev–Trinajstić information content (AvgIpc) is 2.62. The highest BCUT2D eigenvalue weighted by atomic mass is 19.1. The fraction of sp³-hybridized carbons (Fsp3) is 0.111. The molecule has 0 radical (unpaired) electrons. The predicted octanol–water partition coefficient (Wildman–Crippen LogP) is 2.80. The molecule has 25 heavy (non-hydrogen) atoms. The number of halogens is 1. The lowest BCUT2D eigenvalue weighted by molar-refractivity contribution is -0.115. The van der Waals surface area contributed by atoms with Crippen molar-refractivity contribution < 1.29 is 9.18 Å². The zero-order chi connectivity index (χ0) is 17.5. The normalized spacial score (nSPS) is 10.3. The van der Waals surface area contributed by atoms with Crippen molar-refractivity contribution in [1.29, 1.82) is 0 Å². The molecule has 2 heterocycles. The maximum atomic E-state index is 13.1. The molecule has 3 aromatic rings. The summed E-state index contributed by atoms with van der Waals surface area (Å²) in [6, 6.07) is 13.1. The fourth-order valence-electron chi connectivity index (χ4n) is 2.21. The van der Waals surface area contributed by atoms with Crippen molar-refractivity contribution in [2.24, 2.45) is 0 Å². The highest BCUT2D eigenvalue weighted by Gasteiger charge is 2.06. The van der Waals surface area contributed by atoms with Crippen molar-refractivity contribution in [2.45, 2.75) is 13.0 Å². The number of pyridine rings is 1. The molecule has 7 heteroatoms. The molecule has 0 bridgehead atoms. The number of carbonyl (C=O) groups is 1. The van der Waals surface area contributed by atoms with Gasteiger partial charge in [-0.15, -0.1) is 10.2 Å². The molecule has 126 valence electrons. The lowest BCUT2D eigenvalue weighted by Gasteiger charge is -2.07. The summed E-state index contributed by atoms with van der Waals surface area (Å²) < 4.78 is 13.1. The van der Waals surface area contributed by atoms with Gasteiger partial charge in [0.05, 0.1) is 6.42 Å². The van der Waals surface area contributed by atoms with Crippen LogP contribution in [0.1, 0.15) is 11.1 Å². The van der Waals surface area contributed by atoms with Gasteiger partial charge in [0.25, 0.3) is 0 Å². The predicted molar refractivity (Wildman–Crippen MR) is 92.3 cm³/mol. The Labute approximate surface area is 144 Å². The van der Waals surface area contributed by atoms with E-state index < -0.39 is 0 Å². The zero-order valence-electron chi connectivity index (χ0n) is 13.3. The van der Waals surface area contributed by atoms with Crippen LogP contribution in [0.4, 0.5) is 16.0 Å². The van der Waals surface area contributed by atoms with Crippen LogP contribution in [0.3, 0.4) is 0 Å². The highest BCUT2D eigenvalue weighted by molar-refractivity contribution is 5.91. The van der Waals surface area contributed by atoms with E-state index in [2.05, 4.69) is 25.8 Å². The molecular weight excluding hydrogens is 321 g/mol. The first-order chi connectivity index (χ1) is 12.2. The van der Waals surface area contributed by atoms with Crippen LogP contribution in [-0.2, 0) is 17.8 Å². The van der Waals surface area contributed by atoms with E-state index in [1.165, 1.54) is 12.1 Å². The van der Waals surface area contributed by atoms with Gasteiger partial charge >= 0.3 is 0 Å². The van der Waals surface area contributed by atoms with Crippen molar-refractivity contribution in [3.8, 4) is 0 Å². The molecule has 0 fully saturated rings. The van der Waals surface area contributed by atoms with Crippen molar-refractivity contribution in [2.75, 3.05) is 10.6 Å². The lowest BCUT2D eigenvalue weighted by atomic mass is 10.1. The van der Waals surface area contributed by atoms with E-state index in [9.17, 15) is 9.18 Å². The Balaban J connectivity index is 1.52. The molecular formula is C18H16FN5O. The lowest BCUT2D eigenvalue weighted by Crippen LogP contribution is -2.16. The van der Waals surface area contributed by atoms with Gasteiger partial charge in [0, 0.05) is 18.9 Å². The Hall–Kier alpha value is -3.35. The summed E-state index contributed by atoms with van der Waals surface area (Å²) in [5, 5.41) is 13.7. The van der Waals surface area contributed by atoms with Crippen LogP contribution in [0.2, 0.25) is 0 Å². The minimum Gasteiger partial charge on any atom is -0.365 e. The number of anilines is 2. The second kappa shape index (κ2) is 7.96. The molecule has 0 saturated heterocycles. The molecule has 6 nitrogen and oxygen atoms in total. The minimum atomic E-state index is -0.366. The van der Waals surface area contributed by atoms with E-state index >= 15 is 0 Å². The Morgan fingerprint density at radius 2 is 1.72 bits per heavy atom. The number of hydrogen-bond acceptors (Lipinski definition) is 5. The van der Waals surface area contributed by atoms with Gasteiger partial charge in [-0.2, -0.15) is 0 Å². The molecule has 0 spiro atoms. The molecule has 2 aromatic heterocycles. The Kier molecular flexibility index (Phi) is 5.26. The Bertz CT molecular complexity index is 840. The van der Waals surface area contributed by atoms with E-state index in [0.29, 0.717) is 23.7 Å². The molecule has 2 N–H and O–H groups in total. The average molecular weight is 337 g/mol. The molecule has 1 aromatic carbocycles. The summed E-state index contributed by atoms with van der Waals surface area (Å²) in [7, 11) is 0. The SMILES string of the molecule is O=C(Cc1cccc(F)c1)Nc1ccc(NCc2ccncc2)nn1. The molecule has 0 saturated carbocycles. The quantitative estimate of drug-likeness (QED) is 0.723. The molecule has 0 unspecified atom stereocenters. The van der Waals surface area contributed by atoms with Crippen LogP contribution in [0.5, 0.6) is 0 Å². The highest BCUT2D eigenvalue weighted by Crippen LogP contribution is 2.09. The first kappa shape index (κ1) is 16.5. The maximum absolute atomic E-state index is 13.1. The number of aromatic nitrogens is 3. The number of nitrogens with zero attached hydrogens (tertiary/aromatic N) is 3. The number of amides is 1. The first-order valence-electron chi connectivity index (χ1n) is 7.70. The van der Waals surface area contributed by atoms with Gasteiger partial charge in [-0.1, -0.05) is 12.1 Å². The summed E-state index contributed by atoms with van der Waals surface area (Å²) in [4.78, 5) is 15.9. The number of hydrogen-bond donors (Lipinski definition) is 2. The second-order valence-electron chi connectivity index (χ2n) is 5.37. The molecule has 1 amide bonds. The maximum Gasteiger partial charge on any atom is 0.229 e. The molecule has 0 aliphatic rings. The first-order valence-corrected chi connectivity index (χ1v) is 7.70. The fourth-order valence-corrected chi connectivity index (χ4v) is 2.21. The number of nitrogens with one attached hydrogen (secondary N) is 2. The monoisotopic (exact) mass is 337 g/mol. The van der Waals surface area contributed by atoms with E-state index in [1.807, 2.05) is 12.1 Å². The minimum absolute atomic E-state index is 0.0709. The zero-order valence-corrected chi connectivity index (χ0v) is 13.3. The van der Waals surface area contributed by atoms with Crippen molar-refractivity contribution in [1.82, 2.24) is 15.2 Å². The third kappa shape index (κ3) is 5.07. The molecule has 0 aliphatic heterocycles. The number of benzene rings is 1. The van der Waals surface area contributed by atoms with Gasteiger partial charge in [-0.05, 0) is 47.5 Å². The summed E-state index contributed by atoms with van der Waals surface area (Å²) in [6.45, 7) is 0.600. The molecule has 0 aliphatic carbocycles. The summed E-state index contributed by atoms with van der Waals surface area (Å²) in [6.07, 6.45) is 3.52. The summed E-state index contributed by atoms with van der Waals surface area (Å²) in [5.41, 5.74) is 1.67. The van der Waals surface area contributed by atoms with Crippen molar-refractivity contribution in [3.63, 3.8) is 0 Å². The topological polar surface area (TPSA) is 79.8 Å². The standard InChI is InChI=1S/C18H16FN5O/c19-15-3-1-2-14(10-15)11-18(25)22-17-5-4-16(23-24-17)21-12-13-6-8-20-9-7-13/h1-10H,11-12H2,(H,21,23)(H,22,24,25). The van der Waals surface area contributed by atoms with Gasteiger partial charge in [0.1, 0.15) is 11.6 Å². The van der Waals surface area contributed by atoms with Gasteiger partial charge in [-0.25, -0.2) is 4.39 Å². The van der Waals surface area contributed by atoms with Crippen LogP contribution in [-0.4, -0.2) is 21.1 Å². The van der Waals surface area contributed by atoms with Gasteiger partial charge < -0.3 is 10.6 Å². The number of rotatable bonds is 6. The third-order valence-corrected chi connectivity index (χ3v) is 3.41. The van der Waals surface area contributed by atoms with Crippen LogP contribution in [0, 0.1) is 5.82 Å². The van der Waals surface area contributed by atoms with E-state index in [-0.39, 0.29) is 18.1 Å². The largest absolute Gasteiger partial charge is 0.365 e. The van der Waals surface area contributed by atoms with E-state index in [4.69, 9.17) is 0 Å². The molecule has 0 atom stereocenters. The summed E-state index contributed by atoms with van der Waals surface area (Å²) >= 11 is 0. The van der Waals surface area contributed by atoms with E-state index in [1.54, 1.807) is 36.7 Å². The van der Waals surface area contributed by atoms with Crippen LogP contribution in [0.25, 0.3) is 0 Å².